The average molecular weight is 448 g/mol. The molecule has 10 heteroatoms. The first-order chi connectivity index (χ1) is 15.7. The summed E-state index contributed by atoms with van der Waals surface area (Å²) in [5.41, 5.74) is 5.00. The Morgan fingerprint density at radius 1 is 1.09 bits per heavy atom. The van der Waals surface area contributed by atoms with Crippen LogP contribution >= 0.6 is 0 Å². The lowest BCUT2D eigenvalue weighted by molar-refractivity contribution is 0.0476. The van der Waals surface area contributed by atoms with Crippen molar-refractivity contribution in [3.63, 3.8) is 0 Å². The molecule has 0 unspecified atom stereocenters. The Balaban J connectivity index is 1.67. The zero-order valence-electron chi connectivity index (χ0n) is 18.1. The van der Waals surface area contributed by atoms with Crippen molar-refractivity contribution in [3.05, 3.63) is 80.2 Å². The molecule has 0 aliphatic rings. The fourth-order valence-corrected chi connectivity index (χ4v) is 3.45. The van der Waals surface area contributed by atoms with Gasteiger partial charge in [-0.1, -0.05) is 18.2 Å². The molecule has 0 bridgehead atoms. The van der Waals surface area contributed by atoms with Gasteiger partial charge in [0.2, 0.25) is 5.78 Å². The fourth-order valence-electron chi connectivity index (χ4n) is 3.45. The minimum Gasteiger partial charge on any atom is -0.460 e. The lowest BCUT2D eigenvalue weighted by Gasteiger charge is -2.12. The highest BCUT2D eigenvalue weighted by molar-refractivity contribution is 6.06. The maximum atomic E-state index is 12.9. The van der Waals surface area contributed by atoms with Gasteiger partial charge in [0, 0.05) is 19.5 Å². The summed E-state index contributed by atoms with van der Waals surface area (Å²) in [6, 6.07) is 12.0. The van der Waals surface area contributed by atoms with Gasteiger partial charge < -0.3 is 14.9 Å². The molecule has 168 valence electrons. The number of rotatable bonds is 5. The average Bonchev–Trinajstić information content (AvgIpc) is 3.25. The van der Waals surface area contributed by atoms with Gasteiger partial charge in [0.05, 0.1) is 11.1 Å². The molecule has 0 aliphatic carbocycles. The number of nitrogens with zero attached hydrogens (tertiary/aromatic N) is 3. The van der Waals surface area contributed by atoms with E-state index in [4.69, 9.17) is 14.9 Å². The number of aryl methyl sites for hydroxylation is 1. The summed E-state index contributed by atoms with van der Waals surface area (Å²) >= 11 is 0. The predicted octanol–water partition coefficient (Wildman–Crippen LogP) is 1.82. The van der Waals surface area contributed by atoms with Crippen LogP contribution in [-0.4, -0.2) is 32.5 Å². The smallest absolute Gasteiger partial charge is 0.339 e. The second-order valence-electron chi connectivity index (χ2n) is 7.45. The van der Waals surface area contributed by atoms with Gasteiger partial charge in [-0.3, -0.25) is 18.7 Å². The van der Waals surface area contributed by atoms with Gasteiger partial charge >= 0.3 is 11.7 Å². The minimum absolute atomic E-state index is 0.179. The first-order valence-electron chi connectivity index (χ1n) is 9.91. The lowest BCUT2D eigenvalue weighted by Crippen LogP contribution is -2.42. The normalized spacial score (nSPS) is 11.0. The van der Waals surface area contributed by atoms with E-state index in [9.17, 15) is 19.2 Å². The van der Waals surface area contributed by atoms with E-state index in [1.165, 1.54) is 20.2 Å². The van der Waals surface area contributed by atoms with Crippen LogP contribution in [0, 0.1) is 6.92 Å². The number of aromatic nitrogens is 3. The maximum absolute atomic E-state index is 12.9. The van der Waals surface area contributed by atoms with Crippen LogP contribution in [0.5, 0.6) is 0 Å². The van der Waals surface area contributed by atoms with Crippen molar-refractivity contribution in [1.29, 1.82) is 0 Å². The molecule has 0 aliphatic heterocycles. The number of esters is 1. The van der Waals surface area contributed by atoms with Crippen LogP contribution in [0.15, 0.2) is 56.5 Å². The Kier molecular flexibility index (Phi) is 5.42. The number of Topliss-reactive ketones (excluding diaryl/α,β-unsaturated/α-hetero) is 1. The largest absolute Gasteiger partial charge is 0.460 e. The number of carbonyl (C=O) groups is 2. The SMILES string of the molecule is Cc1ccc(-c2cc(C(=O)OCC(=O)c3c(N)n(C)c(=O)n(C)c3=O)c3ccccc3n2)o1. The Morgan fingerprint density at radius 2 is 1.82 bits per heavy atom. The first kappa shape index (κ1) is 21.8. The third kappa shape index (κ3) is 3.82. The van der Waals surface area contributed by atoms with Gasteiger partial charge in [0.1, 0.15) is 22.8 Å². The second kappa shape index (κ2) is 8.23. The number of pyridine rings is 1. The minimum atomic E-state index is -0.860. The van der Waals surface area contributed by atoms with Crippen molar-refractivity contribution < 1.29 is 18.7 Å². The van der Waals surface area contributed by atoms with Crippen molar-refractivity contribution in [2.24, 2.45) is 14.1 Å². The number of ketones is 1. The number of anilines is 1. The number of ether oxygens (including phenoxy) is 1. The van der Waals surface area contributed by atoms with Crippen molar-refractivity contribution in [3.8, 4) is 11.5 Å². The van der Waals surface area contributed by atoms with Crippen LogP contribution in [0.4, 0.5) is 5.82 Å². The highest BCUT2D eigenvalue weighted by Crippen LogP contribution is 2.26. The Labute approximate surface area is 186 Å². The summed E-state index contributed by atoms with van der Waals surface area (Å²) in [4.78, 5) is 54.5. The van der Waals surface area contributed by atoms with Crippen molar-refractivity contribution in [2.75, 3.05) is 12.3 Å². The summed E-state index contributed by atoms with van der Waals surface area (Å²) in [6.45, 7) is 1.06. The van der Waals surface area contributed by atoms with Gasteiger partial charge in [0.15, 0.2) is 12.4 Å². The number of para-hydroxylation sites is 1. The molecule has 33 heavy (non-hydrogen) atoms. The van der Waals surface area contributed by atoms with E-state index in [1.54, 1.807) is 43.3 Å². The molecule has 3 aromatic heterocycles. The standard InChI is InChI=1S/C23H20N4O6/c1-12-8-9-18(33-12)16-10-14(13-6-4-5-7-15(13)25-16)22(30)32-11-17(28)19-20(24)26(2)23(31)27(3)21(19)29/h4-10H,11,24H2,1-3H3. The zero-order valence-corrected chi connectivity index (χ0v) is 18.1. The lowest BCUT2D eigenvalue weighted by atomic mass is 10.1. The number of hydrogen-bond donors (Lipinski definition) is 1. The third-order valence-corrected chi connectivity index (χ3v) is 5.25. The highest BCUT2D eigenvalue weighted by Gasteiger charge is 2.23. The van der Waals surface area contributed by atoms with Crippen LogP contribution in [0.3, 0.4) is 0 Å². The number of hydrogen-bond acceptors (Lipinski definition) is 8. The summed E-state index contributed by atoms with van der Waals surface area (Å²) < 4.78 is 12.6. The summed E-state index contributed by atoms with van der Waals surface area (Å²) in [7, 11) is 2.56. The van der Waals surface area contributed by atoms with Crippen molar-refractivity contribution in [1.82, 2.24) is 14.1 Å². The molecular weight excluding hydrogens is 428 g/mol. The molecule has 0 amide bonds. The van der Waals surface area contributed by atoms with Crippen LogP contribution in [-0.2, 0) is 18.8 Å². The van der Waals surface area contributed by atoms with Crippen LogP contribution in [0.1, 0.15) is 26.5 Å². The molecule has 1 aromatic carbocycles. The van der Waals surface area contributed by atoms with Crippen LogP contribution in [0.25, 0.3) is 22.4 Å². The molecule has 0 radical (unpaired) electrons. The van der Waals surface area contributed by atoms with E-state index in [0.717, 1.165) is 9.13 Å². The molecular formula is C23H20N4O6. The van der Waals surface area contributed by atoms with Gasteiger partial charge in [0.25, 0.3) is 5.56 Å². The molecule has 0 fully saturated rings. The number of fused-ring (bicyclic) bond motifs is 1. The summed E-state index contributed by atoms with van der Waals surface area (Å²) in [5, 5.41) is 0.527. The molecule has 4 aromatic rings. The Morgan fingerprint density at radius 3 is 2.52 bits per heavy atom. The predicted molar refractivity (Wildman–Crippen MR) is 120 cm³/mol. The van der Waals surface area contributed by atoms with E-state index >= 15 is 0 Å². The number of nitrogen functional groups attached to an aromatic ring is 1. The fraction of sp³-hybridized carbons (Fsp3) is 0.174. The number of furan rings is 1. The molecule has 0 atom stereocenters. The molecule has 3 heterocycles. The van der Waals surface area contributed by atoms with Gasteiger partial charge in [-0.2, -0.15) is 0 Å². The highest BCUT2D eigenvalue weighted by atomic mass is 16.5. The van der Waals surface area contributed by atoms with E-state index in [0.29, 0.717) is 28.1 Å². The topological polar surface area (TPSA) is 139 Å². The zero-order chi connectivity index (χ0) is 23.9. The Bertz CT molecular complexity index is 1540. The molecule has 2 N–H and O–H groups in total. The number of benzene rings is 1. The van der Waals surface area contributed by atoms with Gasteiger partial charge in [-0.25, -0.2) is 14.6 Å². The van der Waals surface area contributed by atoms with Crippen LogP contribution in [0.2, 0.25) is 0 Å². The monoisotopic (exact) mass is 448 g/mol. The number of nitrogens with two attached hydrogens (primary N) is 1. The van der Waals surface area contributed by atoms with Crippen LogP contribution < -0.4 is 17.0 Å². The van der Waals surface area contributed by atoms with E-state index < -0.39 is 35.2 Å². The molecule has 0 saturated carbocycles. The quantitative estimate of drug-likeness (QED) is 0.360. The first-order valence-corrected chi connectivity index (χ1v) is 9.91. The molecule has 4 rings (SSSR count). The molecule has 0 spiro atoms. The maximum Gasteiger partial charge on any atom is 0.339 e. The van der Waals surface area contributed by atoms with Crippen molar-refractivity contribution >= 4 is 28.5 Å². The Hall–Kier alpha value is -4.47. The summed E-state index contributed by atoms with van der Waals surface area (Å²) in [6.07, 6.45) is 0. The molecule has 10 nitrogen and oxygen atoms in total. The second-order valence-corrected chi connectivity index (χ2v) is 7.45. The number of carbonyl (C=O) groups excluding carboxylic acids is 2. The third-order valence-electron chi connectivity index (χ3n) is 5.25. The van der Waals surface area contributed by atoms with Gasteiger partial charge in [-0.15, -0.1) is 0 Å². The van der Waals surface area contributed by atoms with Crippen molar-refractivity contribution in [2.45, 2.75) is 6.92 Å². The molecule has 0 saturated heterocycles. The van der Waals surface area contributed by atoms with Gasteiger partial charge in [-0.05, 0) is 31.2 Å². The van der Waals surface area contributed by atoms with E-state index in [1.807, 2.05) is 0 Å². The van der Waals surface area contributed by atoms with E-state index in [2.05, 4.69) is 4.98 Å². The summed E-state index contributed by atoms with van der Waals surface area (Å²) in [5.74, 6) is -0.742. The van der Waals surface area contributed by atoms with E-state index in [-0.39, 0.29) is 11.4 Å².